The first kappa shape index (κ1) is 19.1. The second kappa shape index (κ2) is 7.74. The summed E-state index contributed by atoms with van der Waals surface area (Å²) in [5.74, 6) is -0.623. The van der Waals surface area contributed by atoms with Gasteiger partial charge in [-0.2, -0.15) is 0 Å². The highest BCUT2D eigenvalue weighted by Crippen LogP contribution is 2.26. The van der Waals surface area contributed by atoms with Gasteiger partial charge in [0.25, 0.3) is 0 Å². The fourth-order valence-corrected chi connectivity index (χ4v) is 4.84. The van der Waals surface area contributed by atoms with Crippen LogP contribution in [0.15, 0.2) is 18.2 Å². The fraction of sp³-hybridized carbons (Fsp3) is 0.588. The monoisotopic (exact) mass is 373 g/mol. The first-order valence-electron chi connectivity index (χ1n) is 8.07. The summed E-state index contributed by atoms with van der Waals surface area (Å²) in [6.07, 6.45) is 2.90. The highest BCUT2D eigenvalue weighted by atomic mass is 35.5. The quantitative estimate of drug-likeness (QED) is 0.795. The molecule has 1 fully saturated rings. The lowest BCUT2D eigenvalue weighted by molar-refractivity contribution is -0.134. The van der Waals surface area contributed by atoms with E-state index in [1.54, 1.807) is 23.1 Å². The third-order valence-corrected chi connectivity index (χ3v) is 6.12. The van der Waals surface area contributed by atoms with Crippen molar-refractivity contribution in [3.8, 4) is 5.75 Å². The number of likely N-dealkylation sites (tertiary alicyclic amines) is 1. The van der Waals surface area contributed by atoms with Gasteiger partial charge in [-0.3, -0.25) is 4.79 Å². The molecule has 1 amide bonds. The van der Waals surface area contributed by atoms with Crippen molar-refractivity contribution in [1.82, 2.24) is 4.90 Å². The van der Waals surface area contributed by atoms with E-state index in [4.69, 9.17) is 16.3 Å². The maximum Gasteiger partial charge on any atom is 0.238 e. The van der Waals surface area contributed by atoms with Crippen LogP contribution in [-0.4, -0.2) is 44.2 Å². The van der Waals surface area contributed by atoms with E-state index in [0.29, 0.717) is 16.3 Å². The molecule has 2 rings (SSSR count). The second-order valence-electron chi connectivity index (χ2n) is 6.42. The van der Waals surface area contributed by atoms with Crippen molar-refractivity contribution in [3.63, 3.8) is 0 Å². The van der Waals surface area contributed by atoms with Crippen LogP contribution in [0, 0.1) is 0 Å². The summed E-state index contributed by atoms with van der Waals surface area (Å²) < 4.78 is 30.2. The van der Waals surface area contributed by atoms with Gasteiger partial charge in [0.1, 0.15) is 11.5 Å². The van der Waals surface area contributed by atoms with Crippen LogP contribution in [0.1, 0.15) is 38.7 Å². The molecule has 0 bridgehead atoms. The molecule has 1 saturated heterocycles. The molecular formula is C17H24ClNO4S. The molecule has 134 valence electrons. The maximum atomic E-state index is 12.5. The zero-order valence-corrected chi connectivity index (χ0v) is 15.9. The number of hydrogen-bond donors (Lipinski definition) is 0. The Morgan fingerprint density at radius 1 is 1.29 bits per heavy atom. The van der Waals surface area contributed by atoms with Crippen molar-refractivity contribution in [3.05, 3.63) is 28.8 Å². The van der Waals surface area contributed by atoms with Crippen LogP contribution in [0.3, 0.4) is 0 Å². The van der Waals surface area contributed by atoms with Crippen molar-refractivity contribution in [2.45, 2.75) is 50.9 Å². The zero-order chi connectivity index (χ0) is 17.9. The Bertz CT molecular complexity index is 695. The summed E-state index contributed by atoms with van der Waals surface area (Å²) in [4.78, 5) is 14.3. The number of carbonyl (C=O) groups excluding carboxylic acids is 1. The van der Waals surface area contributed by atoms with E-state index in [1.165, 1.54) is 7.11 Å². The van der Waals surface area contributed by atoms with E-state index in [9.17, 15) is 13.2 Å². The number of sulfone groups is 1. The SMILES string of the molecule is COc1ccc(Cl)cc1CS(=O)(=O)CC(=O)N1C(C)CCCC1C. The van der Waals surface area contributed by atoms with Crippen LogP contribution in [0.5, 0.6) is 5.75 Å². The fourth-order valence-electron chi connectivity index (χ4n) is 3.32. The molecule has 1 aromatic carbocycles. The van der Waals surface area contributed by atoms with Crippen LogP contribution in [0.25, 0.3) is 0 Å². The number of amides is 1. The number of hydrogen-bond acceptors (Lipinski definition) is 4. The number of methoxy groups -OCH3 is 1. The molecule has 2 atom stereocenters. The van der Waals surface area contributed by atoms with Gasteiger partial charge in [0.05, 0.1) is 12.9 Å². The number of piperidine rings is 1. The third-order valence-electron chi connectivity index (χ3n) is 4.44. The average molecular weight is 374 g/mol. The van der Waals surface area contributed by atoms with Crippen LogP contribution < -0.4 is 4.74 Å². The number of nitrogens with zero attached hydrogens (tertiary/aromatic N) is 1. The van der Waals surface area contributed by atoms with Gasteiger partial charge in [-0.15, -0.1) is 0 Å². The number of carbonyl (C=O) groups is 1. The number of benzene rings is 1. The van der Waals surface area contributed by atoms with E-state index >= 15 is 0 Å². The summed E-state index contributed by atoms with van der Waals surface area (Å²) in [5, 5.41) is 0.436. The summed E-state index contributed by atoms with van der Waals surface area (Å²) in [6, 6.07) is 4.99. The van der Waals surface area contributed by atoms with Gasteiger partial charge in [-0.1, -0.05) is 11.6 Å². The van der Waals surface area contributed by atoms with Crippen molar-refractivity contribution in [1.29, 1.82) is 0 Å². The Labute approximate surface area is 148 Å². The van der Waals surface area contributed by atoms with E-state index in [2.05, 4.69) is 0 Å². The van der Waals surface area contributed by atoms with Gasteiger partial charge in [0.15, 0.2) is 9.84 Å². The molecule has 0 aromatic heterocycles. The molecule has 5 nitrogen and oxygen atoms in total. The van der Waals surface area contributed by atoms with Gasteiger partial charge < -0.3 is 9.64 Å². The van der Waals surface area contributed by atoms with Crippen molar-refractivity contribution >= 4 is 27.3 Å². The van der Waals surface area contributed by atoms with Gasteiger partial charge in [-0.25, -0.2) is 8.42 Å². The first-order chi connectivity index (χ1) is 11.2. The summed E-state index contributed by atoms with van der Waals surface area (Å²) >= 11 is 5.94. The lowest BCUT2D eigenvalue weighted by Gasteiger charge is -2.39. The van der Waals surface area contributed by atoms with Crippen LogP contribution in [0.2, 0.25) is 5.02 Å². The van der Waals surface area contributed by atoms with E-state index in [0.717, 1.165) is 19.3 Å². The molecule has 1 aliphatic rings. The molecule has 0 saturated carbocycles. The topological polar surface area (TPSA) is 63.7 Å². The van der Waals surface area contributed by atoms with Gasteiger partial charge in [0, 0.05) is 22.7 Å². The molecule has 0 N–H and O–H groups in total. The maximum absolute atomic E-state index is 12.5. The van der Waals surface area contributed by atoms with Crippen LogP contribution in [-0.2, 0) is 20.4 Å². The Balaban J connectivity index is 2.14. The highest BCUT2D eigenvalue weighted by Gasteiger charge is 2.31. The normalized spacial score (nSPS) is 21.6. The molecule has 0 aliphatic carbocycles. The molecule has 0 spiro atoms. The molecule has 7 heteroatoms. The molecule has 24 heavy (non-hydrogen) atoms. The second-order valence-corrected chi connectivity index (χ2v) is 8.92. The Hall–Kier alpha value is -1.27. The van der Waals surface area contributed by atoms with E-state index in [1.807, 2.05) is 13.8 Å². The lowest BCUT2D eigenvalue weighted by atomic mass is 9.98. The van der Waals surface area contributed by atoms with Gasteiger partial charge in [0.2, 0.25) is 5.91 Å². The van der Waals surface area contributed by atoms with Gasteiger partial charge >= 0.3 is 0 Å². The Morgan fingerprint density at radius 2 is 1.92 bits per heavy atom. The first-order valence-corrected chi connectivity index (χ1v) is 10.3. The van der Waals surface area contributed by atoms with E-state index < -0.39 is 15.6 Å². The minimum atomic E-state index is -3.61. The van der Waals surface area contributed by atoms with Crippen molar-refractivity contribution in [2.75, 3.05) is 12.9 Å². The summed E-state index contributed by atoms with van der Waals surface area (Å²) in [7, 11) is -2.14. The largest absolute Gasteiger partial charge is 0.496 e. The van der Waals surface area contributed by atoms with Crippen LogP contribution in [0.4, 0.5) is 0 Å². The number of ether oxygens (including phenoxy) is 1. The minimum absolute atomic E-state index is 0.0807. The van der Waals surface area contributed by atoms with Gasteiger partial charge in [-0.05, 0) is 51.3 Å². The minimum Gasteiger partial charge on any atom is -0.496 e. The molecule has 0 radical (unpaired) electrons. The van der Waals surface area contributed by atoms with Crippen molar-refractivity contribution in [2.24, 2.45) is 0 Å². The summed E-state index contributed by atoms with van der Waals surface area (Å²) in [5.41, 5.74) is 0.470. The molecular weight excluding hydrogens is 350 g/mol. The Morgan fingerprint density at radius 3 is 2.50 bits per heavy atom. The highest BCUT2D eigenvalue weighted by molar-refractivity contribution is 7.91. The number of rotatable bonds is 5. The predicted octanol–water partition coefficient (Wildman–Crippen LogP) is 3.05. The molecule has 2 unspecified atom stereocenters. The van der Waals surface area contributed by atoms with E-state index in [-0.39, 0.29) is 23.7 Å². The lowest BCUT2D eigenvalue weighted by Crippen LogP contribution is -2.49. The van der Waals surface area contributed by atoms with Crippen molar-refractivity contribution < 1.29 is 17.9 Å². The Kier molecular flexibility index (Phi) is 6.15. The average Bonchev–Trinajstić information content (AvgIpc) is 2.46. The van der Waals surface area contributed by atoms with Crippen LogP contribution >= 0.6 is 11.6 Å². The molecule has 1 aromatic rings. The summed E-state index contributed by atoms with van der Waals surface area (Å²) in [6.45, 7) is 3.94. The molecule has 1 aliphatic heterocycles. The predicted molar refractivity (Wildman–Crippen MR) is 95.1 cm³/mol. The smallest absolute Gasteiger partial charge is 0.238 e. The zero-order valence-electron chi connectivity index (χ0n) is 14.3. The number of halogens is 1. The third kappa shape index (κ3) is 4.63. The standard InChI is InChI=1S/C17H24ClNO4S/c1-12-5-4-6-13(2)19(12)17(20)11-24(21,22)10-14-9-15(18)7-8-16(14)23-3/h7-9,12-13H,4-6,10-11H2,1-3H3. The molecule has 1 heterocycles.